The molecule has 1 aliphatic rings. The Morgan fingerprint density at radius 2 is 1.73 bits per heavy atom. The molecule has 230 valence electrons. The molecule has 2 atom stereocenters. The minimum absolute atomic E-state index is 0.00269. The van der Waals surface area contributed by atoms with Crippen molar-refractivity contribution < 1.29 is 23.9 Å². The standard InChI is InChI=1S/C32H52N4O5/c1-7-8-9-13-20-36(30(39)26(18-19-27(33)37)35-31(40)41-32(4,5)6)28(25-17-16-22(2)21-23(25)3)29(38)34-24-14-11-10-12-15-24/h16-17,21,24,26,28H,7-15,18-20H2,1-6H3,(H2,33,37)(H,34,38)(H,35,40). The number of primary amides is 1. The molecule has 0 radical (unpaired) electrons. The molecule has 0 aromatic heterocycles. The zero-order valence-electron chi connectivity index (χ0n) is 26.0. The SMILES string of the molecule is CCCCCCN(C(=O)C(CCC(N)=O)NC(=O)OC(C)(C)C)C(C(=O)NC1CCCCC1)c1ccc(C)cc1C. The van der Waals surface area contributed by atoms with Gasteiger partial charge in [-0.25, -0.2) is 4.79 Å². The molecular weight excluding hydrogens is 520 g/mol. The average molecular weight is 573 g/mol. The van der Waals surface area contributed by atoms with Crippen LogP contribution in [0.4, 0.5) is 4.79 Å². The van der Waals surface area contributed by atoms with Crippen molar-refractivity contribution in [1.29, 1.82) is 0 Å². The number of nitrogens with zero attached hydrogens (tertiary/aromatic N) is 1. The number of hydrogen-bond acceptors (Lipinski definition) is 5. The molecule has 9 nitrogen and oxygen atoms in total. The highest BCUT2D eigenvalue weighted by Gasteiger charge is 2.37. The number of amides is 4. The highest BCUT2D eigenvalue weighted by Crippen LogP contribution is 2.29. The Labute approximate surface area is 246 Å². The van der Waals surface area contributed by atoms with E-state index in [-0.39, 0.29) is 24.8 Å². The number of nitrogens with one attached hydrogen (secondary N) is 2. The number of ether oxygens (including phenoxy) is 1. The number of rotatable bonds is 14. The van der Waals surface area contributed by atoms with Gasteiger partial charge in [0, 0.05) is 19.0 Å². The van der Waals surface area contributed by atoms with Crippen molar-refractivity contribution in [3.63, 3.8) is 0 Å². The number of nitrogens with two attached hydrogens (primary N) is 1. The van der Waals surface area contributed by atoms with E-state index >= 15 is 0 Å². The molecule has 0 spiro atoms. The molecule has 0 bridgehead atoms. The normalized spacial score (nSPS) is 15.5. The second kappa shape index (κ2) is 16.4. The van der Waals surface area contributed by atoms with Gasteiger partial charge < -0.3 is 26.0 Å². The molecule has 0 heterocycles. The first-order chi connectivity index (χ1) is 19.3. The van der Waals surface area contributed by atoms with Crippen LogP contribution >= 0.6 is 0 Å². The lowest BCUT2D eigenvalue weighted by Crippen LogP contribution is -2.54. The Kier molecular flexibility index (Phi) is 13.6. The molecule has 4 amide bonds. The Morgan fingerprint density at radius 3 is 2.32 bits per heavy atom. The zero-order valence-corrected chi connectivity index (χ0v) is 26.0. The number of unbranched alkanes of at least 4 members (excludes halogenated alkanes) is 3. The average Bonchev–Trinajstić information content (AvgIpc) is 2.88. The van der Waals surface area contributed by atoms with Gasteiger partial charge in [-0.15, -0.1) is 0 Å². The number of hydrogen-bond donors (Lipinski definition) is 3. The number of carbonyl (C=O) groups excluding carboxylic acids is 4. The predicted octanol–water partition coefficient (Wildman–Crippen LogP) is 5.36. The third-order valence-corrected chi connectivity index (χ3v) is 7.44. The van der Waals surface area contributed by atoms with Crippen molar-refractivity contribution >= 4 is 23.8 Å². The predicted molar refractivity (Wildman–Crippen MR) is 161 cm³/mol. The van der Waals surface area contributed by atoms with Gasteiger partial charge in [-0.1, -0.05) is 69.2 Å². The second-order valence-corrected chi connectivity index (χ2v) is 12.4. The molecule has 1 saturated carbocycles. The van der Waals surface area contributed by atoms with Crippen molar-refractivity contribution in [3.8, 4) is 0 Å². The lowest BCUT2D eigenvalue weighted by molar-refractivity contribution is -0.143. The number of alkyl carbamates (subject to hydrolysis) is 1. The first kappa shape index (κ1) is 34.1. The third kappa shape index (κ3) is 11.7. The summed E-state index contributed by atoms with van der Waals surface area (Å²) in [5, 5.41) is 5.91. The smallest absolute Gasteiger partial charge is 0.408 e. The molecule has 1 fully saturated rings. The number of carbonyl (C=O) groups is 4. The van der Waals surface area contributed by atoms with Crippen LogP contribution in [0.3, 0.4) is 0 Å². The quantitative estimate of drug-likeness (QED) is 0.258. The van der Waals surface area contributed by atoms with E-state index in [1.54, 1.807) is 25.7 Å². The van der Waals surface area contributed by atoms with Crippen LogP contribution in [0.25, 0.3) is 0 Å². The van der Waals surface area contributed by atoms with Gasteiger partial charge in [-0.05, 0) is 71.4 Å². The maximum Gasteiger partial charge on any atom is 0.408 e. The summed E-state index contributed by atoms with van der Waals surface area (Å²) in [5.41, 5.74) is 7.37. The molecular formula is C32H52N4O5. The lowest BCUT2D eigenvalue weighted by atomic mass is 9.93. The van der Waals surface area contributed by atoms with E-state index in [1.807, 2.05) is 32.0 Å². The minimum atomic E-state index is -1.08. The van der Waals surface area contributed by atoms with E-state index < -0.39 is 35.6 Å². The molecule has 2 rings (SSSR count). The zero-order chi connectivity index (χ0) is 30.6. The fourth-order valence-corrected chi connectivity index (χ4v) is 5.38. The Morgan fingerprint density at radius 1 is 1.05 bits per heavy atom. The first-order valence-electron chi connectivity index (χ1n) is 15.3. The fraction of sp³-hybridized carbons (Fsp3) is 0.688. The monoisotopic (exact) mass is 572 g/mol. The van der Waals surface area contributed by atoms with Gasteiger partial charge in [0.2, 0.25) is 17.7 Å². The van der Waals surface area contributed by atoms with Crippen molar-refractivity contribution in [2.24, 2.45) is 5.73 Å². The van der Waals surface area contributed by atoms with Crippen LogP contribution in [-0.4, -0.2) is 52.9 Å². The van der Waals surface area contributed by atoms with Gasteiger partial charge in [0.15, 0.2) is 0 Å². The molecule has 0 saturated heterocycles. The van der Waals surface area contributed by atoms with E-state index in [1.165, 1.54) is 0 Å². The maximum atomic E-state index is 14.3. The summed E-state index contributed by atoms with van der Waals surface area (Å²) in [5.74, 6) is -1.24. The summed E-state index contributed by atoms with van der Waals surface area (Å²) in [7, 11) is 0. The largest absolute Gasteiger partial charge is 0.444 e. The summed E-state index contributed by atoms with van der Waals surface area (Å²) in [4.78, 5) is 54.5. The molecule has 1 aliphatic carbocycles. The van der Waals surface area contributed by atoms with E-state index in [9.17, 15) is 19.2 Å². The highest BCUT2D eigenvalue weighted by atomic mass is 16.6. The maximum absolute atomic E-state index is 14.3. The molecule has 1 aromatic rings. The third-order valence-electron chi connectivity index (χ3n) is 7.44. The highest BCUT2D eigenvalue weighted by molar-refractivity contribution is 5.92. The van der Waals surface area contributed by atoms with Gasteiger partial charge in [0.25, 0.3) is 0 Å². The Hall–Kier alpha value is -3.10. The van der Waals surface area contributed by atoms with E-state index in [0.29, 0.717) is 13.0 Å². The van der Waals surface area contributed by atoms with Gasteiger partial charge in [0.05, 0.1) is 0 Å². The molecule has 9 heteroatoms. The van der Waals surface area contributed by atoms with Gasteiger partial charge in [-0.2, -0.15) is 0 Å². The first-order valence-corrected chi connectivity index (χ1v) is 15.3. The second-order valence-electron chi connectivity index (χ2n) is 12.4. The number of aryl methyl sites for hydroxylation is 2. The van der Waals surface area contributed by atoms with Gasteiger partial charge in [-0.3, -0.25) is 14.4 Å². The summed E-state index contributed by atoms with van der Waals surface area (Å²) in [6.45, 7) is 11.6. The minimum Gasteiger partial charge on any atom is -0.444 e. The molecule has 4 N–H and O–H groups in total. The van der Waals surface area contributed by atoms with Crippen LogP contribution in [0.1, 0.15) is 121 Å². The molecule has 1 aromatic carbocycles. The van der Waals surface area contributed by atoms with E-state index in [0.717, 1.165) is 68.1 Å². The van der Waals surface area contributed by atoms with Gasteiger partial charge in [0.1, 0.15) is 17.7 Å². The summed E-state index contributed by atoms with van der Waals surface area (Å²) >= 11 is 0. The van der Waals surface area contributed by atoms with Crippen LogP contribution in [0.2, 0.25) is 0 Å². The molecule has 2 unspecified atom stereocenters. The summed E-state index contributed by atoms with van der Waals surface area (Å²) in [6, 6.07) is 3.97. The topological polar surface area (TPSA) is 131 Å². The summed E-state index contributed by atoms with van der Waals surface area (Å²) < 4.78 is 5.43. The Bertz CT molecular complexity index is 1030. The fourth-order valence-electron chi connectivity index (χ4n) is 5.38. The van der Waals surface area contributed by atoms with E-state index in [2.05, 4.69) is 17.6 Å². The van der Waals surface area contributed by atoms with Crippen LogP contribution in [-0.2, 0) is 19.1 Å². The van der Waals surface area contributed by atoms with Crippen LogP contribution < -0.4 is 16.4 Å². The molecule has 0 aliphatic heterocycles. The van der Waals surface area contributed by atoms with Crippen LogP contribution in [0.5, 0.6) is 0 Å². The van der Waals surface area contributed by atoms with Crippen molar-refractivity contribution in [2.75, 3.05) is 6.54 Å². The van der Waals surface area contributed by atoms with Crippen LogP contribution in [0, 0.1) is 13.8 Å². The molecule has 41 heavy (non-hydrogen) atoms. The lowest BCUT2D eigenvalue weighted by Gasteiger charge is -2.36. The van der Waals surface area contributed by atoms with E-state index in [4.69, 9.17) is 10.5 Å². The van der Waals surface area contributed by atoms with Crippen molar-refractivity contribution in [2.45, 2.75) is 136 Å². The van der Waals surface area contributed by atoms with Crippen molar-refractivity contribution in [1.82, 2.24) is 15.5 Å². The van der Waals surface area contributed by atoms with Crippen molar-refractivity contribution in [3.05, 3.63) is 34.9 Å². The number of benzene rings is 1. The summed E-state index contributed by atoms with van der Waals surface area (Å²) in [6.07, 6.45) is 7.89. The Balaban J connectivity index is 2.52. The van der Waals surface area contributed by atoms with Gasteiger partial charge >= 0.3 is 6.09 Å². The van der Waals surface area contributed by atoms with Crippen LogP contribution in [0.15, 0.2) is 18.2 Å².